The van der Waals surface area contributed by atoms with E-state index in [1.165, 1.54) is 0 Å². The van der Waals surface area contributed by atoms with Crippen LogP contribution in [0, 0.1) is 43.3 Å². The fraction of sp³-hybridized carbons (Fsp3) is 0.907. The summed E-state index contributed by atoms with van der Waals surface area (Å²) in [5.74, 6) is 1.55. The Bertz CT molecular complexity index is 1280. The summed E-state index contributed by atoms with van der Waals surface area (Å²) >= 11 is 0. The van der Waals surface area contributed by atoms with E-state index in [9.17, 15) is 24.0 Å². The molecule has 0 saturated carbocycles. The number of nitrogens with zero attached hydrogens (tertiary/aromatic N) is 2. The molecular formula is C54H110N2O5. The van der Waals surface area contributed by atoms with Crippen LogP contribution in [0.3, 0.4) is 0 Å². The van der Waals surface area contributed by atoms with Gasteiger partial charge in [0.15, 0.2) is 0 Å². The standard InChI is InChI=1S/C12H24O.C11H23NO.C11H22O.C10H21NO.C10H20O/c1-11(2,3)8-7-10(13)9-12(4,5)6;1-10(2,3)8-9(13)12(7)11(4,5)6;1-10(2,3)7-9(12)8-11(4,5)6;1-9(2,3)8(12)11(7)10(4,5)6;1-9(2,3)7-8(11)10(4,5)6/h7-9H2,1-6H3;8H2,1-7H3;7-8H2,1-6H3;1-7H3;7H2,1-6H3. The molecule has 0 aliphatic carbocycles. The Morgan fingerprint density at radius 1 is 0.328 bits per heavy atom. The van der Waals surface area contributed by atoms with E-state index in [2.05, 4.69) is 125 Å². The molecule has 0 aromatic rings. The topological polar surface area (TPSA) is 91.8 Å². The van der Waals surface area contributed by atoms with Crippen molar-refractivity contribution in [3.05, 3.63) is 0 Å². The van der Waals surface area contributed by atoms with Crippen molar-refractivity contribution in [2.75, 3.05) is 14.1 Å². The quantitative estimate of drug-likeness (QED) is 0.254. The smallest absolute Gasteiger partial charge is 0.228 e. The summed E-state index contributed by atoms with van der Waals surface area (Å²) in [5, 5.41) is 0. The van der Waals surface area contributed by atoms with Crippen molar-refractivity contribution < 1.29 is 24.0 Å². The second-order valence-electron chi connectivity index (χ2n) is 28.9. The lowest BCUT2D eigenvalue weighted by molar-refractivity contribution is -0.142. The summed E-state index contributed by atoms with van der Waals surface area (Å²) < 4.78 is 0. The number of carbonyl (C=O) groups is 5. The highest BCUT2D eigenvalue weighted by atomic mass is 16.2. The van der Waals surface area contributed by atoms with Crippen molar-refractivity contribution in [2.24, 2.45) is 43.3 Å². The normalized spacial score (nSPS) is 13.0. The van der Waals surface area contributed by atoms with Crippen LogP contribution in [0.5, 0.6) is 0 Å². The van der Waals surface area contributed by atoms with Crippen molar-refractivity contribution in [3.8, 4) is 0 Å². The molecule has 2 amide bonds. The van der Waals surface area contributed by atoms with Gasteiger partial charge in [-0.3, -0.25) is 24.0 Å². The molecule has 0 heterocycles. The number of hydrogen-bond donors (Lipinski definition) is 0. The molecule has 0 N–H and O–H groups in total. The Hall–Kier alpha value is -2.05. The molecule has 0 atom stereocenters. The number of ketones is 3. The summed E-state index contributed by atoms with van der Waals surface area (Å²) in [6.07, 6.45) is 5.14. The molecule has 0 radical (unpaired) electrons. The van der Waals surface area contributed by atoms with Gasteiger partial charge in [-0.15, -0.1) is 0 Å². The van der Waals surface area contributed by atoms with Gasteiger partial charge in [-0.1, -0.05) is 166 Å². The van der Waals surface area contributed by atoms with E-state index in [0.29, 0.717) is 49.5 Å². The molecule has 61 heavy (non-hydrogen) atoms. The Balaban J connectivity index is -0.000000214. The van der Waals surface area contributed by atoms with Crippen LogP contribution < -0.4 is 0 Å². The van der Waals surface area contributed by atoms with Crippen molar-refractivity contribution >= 4 is 29.2 Å². The first-order chi connectivity index (χ1) is 25.9. The highest BCUT2D eigenvalue weighted by Crippen LogP contribution is 2.28. The van der Waals surface area contributed by atoms with E-state index in [4.69, 9.17) is 0 Å². The fourth-order valence-corrected chi connectivity index (χ4v) is 4.94. The predicted octanol–water partition coefficient (Wildman–Crippen LogP) is 15.3. The van der Waals surface area contributed by atoms with Crippen molar-refractivity contribution in [1.29, 1.82) is 0 Å². The molecular weight excluding hydrogens is 757 g/mol. The number of amides is 2. The van der Waals surface area contributed by atoms with Gasteiger partial charge in [-0.25, -0.2) is 0 Å². The zero-order chi connectivity index (χ0) is 51.0. The Labute approximate surface area is 382 Å². The molecule has 0 fully saturated rings. The van der Waals surface area contributed by atoms with Crippen molar-refractivity contribution in [2.45, 2.75) is 264 Å². The number of hydrogen-bond acceptors (Lipinski definition) is 5. The van der Waals surface area contributed by atoms with Gasteiger partial charge in [0.2, 0.25) is 11.8 Å². The maximum Gasteiger partial charge on any atom is 0.228 e. The average Bonchev–Trinajstić information content (AvgIpc) is 2.89. The maximum absolute atomic E-state index is 11.7. The minimum atomic E-state index is -0.276. The molecule has 0 aromatic carbocycles. The van der Waals surface area contributed by atoms with Crippen LogP contribution in [-0.2, 0) is 24.0 Å². The zero-order valence-electron chi connectivity index (χ0n) is 47.4. The first-order valence-corrected chi connectivity index (χ1v) is 23.1. The number of rotatable bonds is 7. The van der Waals surface area contributed by atoms with Crippen LogP contribution >= 0.6 is 0 Å². The van der Waals surface area contributed by atoms with Gasteiger partial charge >= 0.3 is 0 Å². The van der Waals surface area contributed by atoms with Crippen molar-refractivity contribution in [1.82, 2.24) is 9.80 Å². The molecule has 0 spiro atoms. The summed E-state index contributed by atoms with van der Waals surface area (Å²) in [6, 6.07) is 0. The Morgan fingerprint density at radius 3 is 0.787 bits per heavy atom. The number of carbonyl (C=O) groups excluding carboxylic acids is 5. The monoisotopic (exact) mass is 867 g/mol. The molecule has 0 unspecified atom stereocenters. The zero-order valence-corrected chi connectivity index (χ0v) is 47.4. The third-order valence-corrected chi connectivity index (χ3v) is 8.88. The fourth-order valence-electron chi connectivity index (χ4n) is 4.94. The highest BCUT2D eigenvalue weighted by Gasteiger charge is 2.31. The lowest BCUT2D eigenvalue weighted by Crippen LogP contribution is -2.47. The summed E-state index contributed by atoms with van der Waals surface area (Å²) in [5.41, 5.74) is 0.330. The van der Waals surface area contributed by atoms with Gasteiger partial charge in [0.05, 0.1) is 0 Å². The molecule has 0 aliphatic rings. The molecule has 0 bridgehead atoms. The maximum atomic E-state index is 11.7. The molecule has 0 aromatic heterocycles. The highest BCUT2D eigenvalue weighted by molar-refractivity contribution is 5.84. The lowest BCUT2D eigenvalue weighted by atomic mass is 9.80. The first-order valence-electron chi connectivity index (χ1n) is 23.1. The molecule has 0 rings (SSSR count). The molecule has 366 valence electrons. The predicted molar refractivity (Wildman–Crippen MR) is 268 cm³/mol. The van der Waals surface area contributed by atoms with E-state index >= 15 is 0 Å². The lowest BCUT2D eigenvalue weighted by Gasteiger charge is -2.36. The van der Waals surface area contributed by atoms with Gasteiger partial charge in [-0.2, -0.15) is 0 Å². The van der Waals surface area contributed by atoms with E-state index in [0.717, 1.165) is 12.8 Å². The third kappa shape index (κ3) is 48.8. The molecule has 7 heteroatoms. The SMILES string of the molecule is CC(C)(C)CC(=O)C(C)(C)C.CC(C)(C)CC(=O)CC(C)(C)C.CC(C)(C)CCC(=O)CC(C)(C)C.CN(C(=O)C(C)(C)C)C(C)(C)C.CN(C(=O)CC(C)(C)C)C(C)(C)C. The minimum Gasteiger partial charge on any atom is -0.341 e. The third-order valence-electron chi connectivity index (χ3n) is 8.88. The van der Waals surface area contributed by atoms with E-state index in [1.807, 2.05) is 102 Å². The summed E-state index contributed by atoms with van der Waals surface area (Å²) in [6.45, 7) is 62.0. The largest absolute Gasteiger partial charge is 0.341 e. The average molecular weight is 867 g/mol. The van der Waals surface area contributed by atoms with E-state index in [-0.39, 0.29) is 66.2 Å². The van der Waals surface area contributed by atoms with Crippen LogP contribution in [0.2, 0.25) is 0 Å². The van der Waals surface area contributed by atoms with Crippen LogP contribution in [0.4, 0.5) is 0 Å². The van der Waals surface area contributed by atoms with Gasteiger partial charge < -0.3 is 9.80 Å². The van der Waals surface area contributed by atoms with Gasteiger partial charge in [0.25, 0.3) is 0 Å². The van der Waals surface area contributed by atoms with E-state index in [1.54, 1.807) is 4.90 Å². The molecule has 7 nitrogen and oxygen atoms in total. The minimum absolute atomic E-state index is 0.0671. The van der Waals surface area contributed by atoms with Gasteiger partial charge in [-0.05, 0) is 80.5 Å². The van der Waals surface area contributed by atoms with Crippen LogP contribution in [-0.4, -0.2) is 64.1 Å². The second kappa shape index (κ2) is 25.4. The molecule has 0 saturated heterocycles. The van der Waals surface area contributed by atoms with Crippen LogP contribution in [0.15, 0.2) is 0 Å². The summed E-state index contributed by atoms with van der Waals surface area (Å²) in [4.78, 5) is 61.5. The first kappa shape index (κ1) is 68.0. The van der Waals surface area contributed by atoms with Gasteiger partial charge in [0, 0.05) is 74.5 Å². The number of Topliss-reactive ketones (excluding diaryl/α,β-unsaturated/α-hetero) is 3. The molecule has 0 aliphatic heterocycles. The second-order valence-corrected chi connectivity index (χ2v) is 28.9. The van der Waals surface area contributed by atoms with Crippen LogP contribution in [0.25, 0.3) is 0 Å². The Morgan fingerprint density at radius 2 is 0.607 bits per heavy atom. The van der Waals surface area contributed by atoms with E-state index < -0.39 is 0 Å². The van der Waals surface area contributed by atoms with Gasteiger partial charge in [0.1, 0.15) is 17.3 Å². The van der Waals surface area contributed by atoms with Crippen molar-refractivity contribution in [3.63, 3.8) is 0 Å². The summed E-state index contributed by atoms with van der Waals surface area (Å²) in [7, 11) is 3.72. The van der Waals surface area contributed by atoms with Crippen LogP contribution in [0.1, 0.15) is 253 Å². The Kier molecular flexibility index (Phi) is 28.4.